The van der Waals surface area contributed by atoms with Crippen LogP contribution in [0.2, 0.25) is 0 Å². The summed E-state index contributed by atoms with van der Waals surface area (Å²) in [5.74, 6) is 1.19. The van der Waals surface area contributed by atoms with Crippen molar-refractivity contribution in [3.63, 3.8) is 0 Å². The van der Waals surface area contributed by atoms with Crippen molar-refractivity contribution in [2.45, 2.75) is 19.4 Å². The van der Waals surface area contributed by atoms with E-state index < -0.39 is 10.8 Å². The normalized spacial score (nSPS) is 15.4. The van der Waals surface area contributed by atoms with Gasteiger partial charge in [0.05, 0.1) is 12.2 Å². The maximum Gasteiger partial charge on any atom is 0.293 e. The topological polar surface area (TPSA) is 81.2 Å². The molecule has 2 N–H and O–H groups in total. The van der Waals surface area contributed by atoms with Crippen molar-refractivity contribution in [3.05, 3.63) is 57.9 Å². The molecule has 1 aromatic carbocycles. The van der Waals surface area contributed by atoms with Crippen molar-refractivity contribution in [1.29, 1.82) is 0 Å². The Hall–Kier alpha value is -2.06. The number of halogens is 1. The number of hydrogen-bond acceptors (Lipinski definition) is 5. The molecule has 2 aromatic rings. The monoisotopic (exact) mass is 378 g/mol. The van der Waals surface area contributed by atoms with Crippen LogP contribution in [0.1, 0.15) is 17.7 Å². The molecule has 140 valence electrons. The van der Waals surface area contributed by atoms with Gasteiger partial charge in [-0.25, -0.2) is 9.37 Å². The van der Waals surface area contributed by atoms with Crippen molar-refractivity contribution >= 4 is 16.6 Å². The first kappa shape index (κ1) is 18.7. The zero-order chi connectivity index (χ0) is 18.5. The van der Waals surface area contributed by atoms with Crippen molar-refractivity contribution in [2.24, 2.45) is 5.73 Å². The van der Waals surface area contributed by atoms with Gasteiger partial charge in [-0.15, -0.1) is 0 Å². The van der Waals surface area contributed by atoms with E-state index in [2.05, 4.69) is 4.98 Å². The maximum atomic E-state index is 13.1. The van der Waals surface area contributed by atoms with Gasteiger partial charge in [-0.1, -0.05) is 12.1 Å². The fourth-order valence-electron chi connectivity index (χ4n) is 2.94. The lowest BCUT2D eigenvalue weighted by atomic mass is 10.2. The molecule has 3 rings (SSSR count). The molecule has 0 amide bonds. The van der Waals surface area contributed by atoms with Crippen molar-refractivity contribution < 1.29 is 8.60 Å². The maximum absolute atomic E-state index is 13.1. The molecular weight excluding hydrogens is 355 g/mol. The van der Waals surface area contributed by atoms with Gasteiger partial charge in [0, 0.05) is 41.6 Å². The summed E-state index contributed by atoms with van der Waals surface area (Å²) in [4.78, 5) is 19.4. The van der Waals surface area contributed by atoms with Crippen LogP contribution in [0.25, 0.3) is 0 Å². The van der Waals surface area contributed by atoms with E-state index >= 15 is 0 Å². The molecule has 6 nitrogen and oxygen atoms in total. The molecule has 1 aliphatic rings. The van der Waals surface area contributed by atoms with E-state index in [1.807, 2.05) is 4.90 Å². The number of anilines is 1. The van der Waals surface area contributed by atoms with Crippen LogP contribution in [0.3, 0.4) is 0 Å². The van der Waals surface area contributed by atoms with E-state index in [4.69, 9.17) is 5.73 Å². The van der Waals surface area contributed by atoms with Gasteiger partial charge in [-0.2, -0.15) is 0 Å². The minimum atomic E-state index is -0.821. The summed E-state index contributed by atoms with van der Waals surface area (Å²) in [5.41, 5.74) is 7.07. The third-order valence-corrected chi connectivity index (χ3v) is 5.66. The zero-order valence-electron chi connectivity index (χ0n) is 14.6. The van der Waals surface area contributed by atoms with Crippen molar-refractivity contribution in [2.75, 3.05) is 36.0 Å². The molecular formula is C18H23FN4O2S. The number of hydrogen-bond donors (Lipinski definition) is 1. The third-order valence-electron chi connectivity index (χ3n) is 4.39. The van der Waals surface area contributed by atoms with Crippen LogP contribution in [-0.4, -0.2) is 44.9 Å². The second kappa shape index (κ2) is 8.55. The van der Waals surface area contributed by atoms with Crippen LogP contribution in [0.15, 0.2) is 35.3 Å². The molecule has 0 spiro atoms. The Balaban J connectivity index is 1.93. The number of aryl methyl sites for hydroxylation is 1. The highest BCUT2D eigenvalue weighted by Gasteiger charge is 2.21. The first-order chi connectivity index (χ1) is 12.6. The van der Waals surface area contributed by atoms with Gasteiger partial charge in [0.15, 0.2) is 5.82 Å². The molecule has 0 saturated carbocycles. The predicted octanol–water partition coefficient (Wildman–Crippen LogP) is 0.891. The molecule has 0 atom stereocenters. The summed E-state index contributed by atoms with van der Waals surface area (Å²) in [6.07, 6.45) is 3.23. The third kappa shape index (κ3) is 4.56. The molecule has 1 aromatic heterocycles. The zero-order valence-corrected chi connectivity index (χ0v) is 15.4. The summed E-state index contributed by atoms with van der Waals surface area (Å²) in [5, 5.41) is 0. The van der Waals surface area contributed by atoms with E-state index in [-0.39, 0.29) is 11.4 Å². The second-order valence-corrected chi connectivity index (χ2v) is 8.04. The molecule has 0 aliphatic carbocycles. The number of benzene rings is 1. The number of rotatable bonds is 6. The van der Waals surface area contributed by atoms with E-state index in [9.17, 15) is 13.4 Å². The quantitative estimate of drug-likeness (QED) is 0.807. The highest BCUT2D eigenvalue weighted by atomic mass is 32.2. The minimum Gasteiger partial charge on any atom is -0.350 e. The van der Waals surface area contributed by atoms with E-state index in [1.165, 1.54) is 12.1 Å². The number of nitrogens with zero attached hydrogens (tertiary/aromatic N) is 3. The van der Waals surface area contributed by atoms with Gasteiger partial charge in [0.1, 0.15) is 5.82 Å². The Bertz CT molecular complexity index is 828. The van der Waals surface area contributed by atoms with E-state index in [0.717, 1.165) is 17.7 Å². The lowest BCUT2D eigenvalue weighted by molar-refractivity contribution is 0.625. The predicted molar refractivity (Wildman–Crippen MR) is 101 cm³/mol. The number of aromatic nitrogens is 2. The fourth-order valence-corrected chi connectivity index (χ4v) is 4.00. The van der Waals surface area contributed by atoms with E-state index in [0.29, 0.717) is 49.9 Å². The van der Waals surface area contributed by atoms with Gasteiger partial charge >= 0.3 is 0 Å². The van der Waals surface area contributed by atoms with Gasteiger partial charge in [-0.3, -0.25) is 9.00 Å². The Labute approximate surface area is 154 Å². The Morgan fingerprint density at radius 3 is 2.54 bits per heavy atom. The molecule has 1 aliphatic heterocycles. The number of nitrogens with two attached hydrogens (primary N) is 1. The standard InChI is InChI=1S/C18H23FN4O2S/c19-15-5-3-14(4-6-15)12-23-13-16(2-1-7-20)21-17(18(23)24)22-8-10-26(25)11-9-22/h3-6,13H,1-2,7-12,20H2. The molecule has 0 unspecified atom stereocenters. The van der Waals surface area contributed by atoms with Crippen molar-refractivity contribution in [1.82, 2.24) is 9.55 Å². The highest BCUT2D eigenvalue weighted by Crippen LogP contribution is 2.12. The molecule has 2 heterocycles. The average molecular weight is 378 g/mol. The summed E-state index contributed by atoms with van der Waals surface area (Å²) >= 11 is 0. The van der Waals surface area contributed by atoms with Gasteiger partial charge in [0.25, 0.3) is 5.56 Å². The summed E-state index contributed by atoms with van der Waals surface area (Å²) in [6.45, 7) is 2.03. The highest BCUT2D eigenvalue weighted by molar-refractivity contribution is 7.85. The Morgan fingerprint density at radius 1 is 1.19 bits per heavy atom. The molecule has 1 fully saturated rings. The van der Waals surface area contributed by atoms with Crippen LogP contribution < -0.4 is 16.2 Å². The molecule has 0 radical (unpaired) electrons. The Morgan fingerprint density at radius 2 is 1.88 bits per heavy atom. The SMILES string of the molecule is NCCCc1cn(Cc2ccc(F)cc2)c(=O)c(N2CCS(=O)CC2)n1. The minimum absolute atomic E-state index is 0.182. The average Bonchev–Trinajstić information content (AvgIpc) is 2.65. The van der Waals surface area contributed by atoms with Crippen LogP contribution >= 0.6 is 0 Å². The molecule has 1 saturated heterocycles. The summed E-state index contributed by atoms with van der Waals surface area (Å²) in [7, 11) is -0.821. The molecule has 8 heteroatoms. The van der Waals surface area contributed by atoms with Gasteiger partial charge in [-0.05, 0) is 37.1 Å². The van der Waals surface area contributed by atoms with Crippen LogP contribution in [0.5, 0.6) is 0 Å². The molecule has 26 heavy (non-hydrogen) atoms. The van der Waals surface area contributed by atoms with Crippen LogP contribution in [0, 0.1) is 5.82 Å². The Kier molecular flexibility index (Phi) is 6.16. The van der Waals surface area contributed by atoms with Gasteiger partial charge in [0.2, 0.25) is 0 Å². The first-order valence-corrected chi connectivity index (χ1v) is 10.2. The fraction of sp³-hybridized carbons (Fsp3) is 0.444. The van der Waals surface area contributed by atoms with E-state index in [1.54, 1.807) is 22.9 Å². The van der Waals surface area contributed by atoms with Crippen molar-refractivity contribution in [3.8, 4) is 0 Å². The van der Waals surface area contributed by atoms with Crippen LogP contribution in [0.4, 0.5) is 10.2 Å². The summed E-state index contributed by atoms with van der Waals surface area (Å²) in [6, 6.07) is 6.12. The smallest absolute Gasteiger partial charge is 0.293 e. The van der Waals surface area contributed by atoms with Crippen LogP contribution in [-0.2, 0) is 23.8 Å². The summed E-state index contributed by atoms with van der Waals surface area (Å²) < 4.78 is 26.3. The lowest BCUT2D eigenvalue weighted by Crippen LogP contribution is -2.42. The first-order valence-electron chi connectivity index (χ1n) is 8.71. The second-order valence-electron chi connectivity index (χ2n) is 6.34. The molecule has 0 bridgehead atoms. The lowest BCUT2D eigenvalue weighted by Gasteiger charge is -2.27. The van der Waals surface area contributed by atoms with Gasteiger partial charge < -0.3 is 15.2 Å². The largest absolute Gasteiger partial charge is 0.350 e.